The van der Waals surface area contributed by atoms with E-state index >= 15 is 0 Å². The van der Waals surface area contributed by atoms with Crippen LogP contribution in [0.25, 0.3) is 0 Å². The summed E-state index contributed by atoms with van der Waals surface area (Å²) in [4.78, 5) is 3.67. The van der Waals surface area contributed by atoms with Gasteiger partial charge < -0.3 is 4.98 Å². The fourth-order valence-corrected chi connectivity index (χ4v) is 0.367. The molecule has 1 aromatic rings. The molecule has 0 saturated carbocycles. The largest absolute Gasteiger partial charge is 1.00 e. The molecule has 0 N–H and O–H groups in total. The second kappa shape index (κ2) is 3.73. The number of nitrogens with zero attached hydrogens (tertiary/aromatic N) is 2. The predicted octanol–water partition coefficient (Wildman–Crippen LogP) is -2.48. The van der Waals surface area contributed by atoms with Crippen LogP contribution in [-0.2, 0) is 0 Å². The van der Waals surface area contributed by atoms with Crippen LogP contribution in [0.1, 0.15) is 5.69 Å². The zero-order valence-corrected chi connectivity index (χ0v) is 6.63. The molecule has 0 spiro atoms. The maximum Gasteiger partial charge on any atom is 1.00 e. The first-order valence-electron chi connectivity index (χ1n) is 1.91. The summed E-state index contributed by atoms with van der Waals surface area (Å²) in [6, 6.07) is 5.30. The molecule has 1 rings (SSSR count). The van der Waals surface area contributed by atoms with Crippen molar-refractivity contribution in [3.8, 4) is 6.07 Å². The number of aromatic nitrogens is 1. The zero-order valence-electron chi connectivity index (χ0n) is 4.63. The van der Waals surface area contributed by atoms with Gasteiger partial charge in [-0.05, 0) is 0 Å². The van der Waals surface area contributed by atoms with Gasteiger partial charge in [-0.25, -0.2) is 0 Å². The number of rotatable bonds is 0. The Kier molecular flexibility index (Phi) is 3.63. The van der Waals surface area contributed by atoms with Gasteiger partial charge in [-0.1, -0.05) is 17.8 Å². The molecule has 0 aromatic carbocycles. The summed E-state index contributed by atoms with van der Waals surface area (Å²) < 4.78 is 0. The van der Waals surface area contributed by atoms with E-state index < -0.39 is 0 Å². The van der Waals surface area contributed by atoms with Crippen molar-refractivity contribution in [2.45, 2.75) is 0 Å². The van der Waals surface area contributed by atoms with Crippen molar-refractivity contribution < 1.29 is 29.6 Å². The van der Waals surface area contributed by atoms with Crippen molar-refractivity contribution in [3.63, 3.8) is 0 Å². The topological polar surface area (TPSA) is 37.9 Å². The average molecular weight is 114 g/mol. The molecule has 8 heavy (non-hydrogen) atoms. The summed E-state index contributed by atoms with van der Waals surface area (Å²) in [5.41, 5.74) is 0.486. The number of hydrogen-bond acceptors (Lipinski definition) is 1. The normalized spacial score (nSPS) is 6.88. The summed E-state index contributed by atoms with van der Waals surface area (Å²) in [6.45, 7) is 0. The molecule has 3 heteroatoms. The van der Waals surface area contributed by atoms with E-state index in [0.29, 0.717) is 5.69 Å². The van der Waals surface area contributed by atoms with Crippen LogP contribution in [0, 0.1) is 11.3 Å². The minimum atomic E-state index is 0. The minimum absolute atomic E-state index is 0. The van der Waals surface area contributed by atoms with E-state index in [2.05, 4.69) is 4.98 Å². The quantitative estimate of drug-likeness (QED) is 0.350. The Bertz CT molecular complexity index is 173. The molecule has 0 aliphatic carbocycles. The van der Waals surface area contributed by atoms with Crippen molar-refractivity contribution in [2.75, 3.05) is 0 Å². The van der Waals surface area contributed by atoms with Crippen molar-refractivity contribution >= 4 is 0 Å². The first-order chi connectivity index (χ1) is 3.43. The van der Waals surface area contributed by atoms with Gasteiger partial charge in [0.25, 0.3) is 0 Å². The van der Waals surface area contributed by atoms with Gasteiger partial charge in [-0.3, -0.25) is 0 Å². The predicted molar refractivity (Wildman–Crippen MR) is 24.5 cm³/mol. The summed E-state index contributed by atoms with van der Waals surface area (Å²) in [5.74, 6) is 0. The number of nitriles is 1. The van der Waals surface area contributed by atoms with Gasteiger partial charge in [0.1, 0.15) is 0 Å². The van der Waals surface area contributed by atoms with Gasteiger partial charge in [-0.15, -0.1) is 0 Å². The van der Waals surface area contributed by atoms with Crippen LogP contribution in [0.5, 0.6) is 0 Å². The SMILES string of the molecule is N#Cc1ccc[n-]1.[Na+]. The van der Waals surface area contributed by atoms with E-state index in [1.165, 1.54) is 0 Å². The first-order valence-corrected chi connectivity index (χ1v) is 1.91. The second-order valence-electron chi connectivity index (χ2n) is 1.13. The van der Waals surface area contributed by atoms with Crippen LogP contribution in [0.15, 0.2) is 18.3 Å². The molecule has 1 heterocycles. The molecule has 2 nitrogen and oxygen atoms in total. The van der Waals surface area contributed by atoms with Crippen LogP contribution in [0.4, 0.5) is 0 Å². The van der Waals surface area contributed by atoms with Gasteiger partial charge in [0, 0.05) is 0 Å². The summed E-state index contributed by atoms with van der Waals surface area (Å²) in [6.07, 6.45) is 1.60. The Morgan fingerprint density at radius 3 is 2.62 bits per heavy atom. The molecule has 0 fully saturated rings. The molecule has 0 saturated heterocycles. The number of hydrogen-bond donors (Lipinski definition) is 0. The van der Waals surface area contributed by atoms with Gasteiger partial charge in [0.2, 0.25) is 0 Å². The Hall–Kier alpha value is -0.230. The molecule has 1 aromatic heterocycles. The summed E-state index contributed by atoms with van der Waals surface area (Å²) >= 11 is 0. The average Bonchev–Trinajstić information content (AvgIpc) is 2.14. The van der Waals surface area contributed by atoms with Gasteiger partial charge in [0.15, 0.2) is 0 Å². The Morgan fingerprint density at radius 1 is 1.62 bits per heavy atom. The summed E-state index contributed by atoms with van der Waals surface area (Å²) in [5, 5.41) is 8.11. The van der Waals surface area contributed by atoms with E-state index in [-0.39, 0.29) is 29.6 Å². The van der Waals surface area contributed by atoms with E-state index in [9.17, 15) is 0 Å². The van der Waals surface area contributed by atoms with Crippen molar-refractivity contribution in [1.82, 2.24) is 4.98 Å². The molecule has 34 valence electrons. The van der Waals surface area contributed by atoms with Gasteiger partial charge in [0.05, 0.1) is 6.07 Å². The third kappa shape index (κ3) is 1.71. The minimum Gasteiger partial charge on any atom is -0.655 e. The maximum atomic E-state index is 8.11. The third-order valence-corrected chi connectivity index (χ3v) is 0.668. The Morgan fingerprint density at radius 2 is 2.38 bits per heavy atom. The molecule has 0 radical (unpaired) electrons. The van der Waals surface area contributed by atoms with Crippen LogP contribution >= 0.6 is 0 Å². The summed E-state index contributed by atoms with van der Waals surface area (Å²) in [7, 11) is 0. The Labute approximate surface area is 69.8 Å². The van der Waals surface area contributed by atoms with Crippen molar-refractivity contribution in [2.24, 2.45) is 0 Å². The molecular formula is C5H3N2Na. The fourth-order valence-electron chi connectivity index (χ4n) is 0.367. The van der Waals surface area contributed by atoms with E-state index in [4.69, 9.17) is 5.26 Å². The van der Waals surface area contributed by atoms with Gasteiger partial charge in [-0.2, -0.15) is 11.5 Å². The third-order valence-electron chi connectivity index (χ3n) is 0.668. The van der Waals surface area contributed by atoms with Crippen LogP contribution < -0.4 is 34.5 Å². The van der Waals surface area contributed by atoms with Crippen LogP contribution in [0.3, 0.4) is 0 Å². The van der Waals surface area contributed by atoms with Gasteiger partial charge >= 0.3 is 29.6 Å². The monoisotopic (exact) mass is 114 g/mol. The second-order valence-corrected chi connectivity index (χ2v) is 1.13. The van der Waals surface area contributed by atoms with E-state index in [1.54, 1.807) is 18.3 Å². The molecule has 0 amide bonds. The fraction of sp³-hybridized carbons (Fsp3) is 0. The van der Waals surface area contributed by atoms with Crippen LogP contribution in [-0.4, -0.2) is 0 Å². The smallest absolute Gasteiger partial charge is 0.655 e. The molecule has 0 aliphatic heterocycles. The van der Waals surface area contributed by atoms with E-state index in [0.717, 1.165) is 0 Å². The Balaban J connectivity index is 0.000000490. The van der Waals surface area contributed by atoms with Crippen molar-refractivity contribution in [3.05, 3.63) is 24.0 Å². The zero-order chi connectivity index (χ0) is 5.11. The molecule has 0 aliphatic rings. The van der Waals surface area contributed by atoms with Crippen LogP contribution in [0.2, 0.25) is 0 Å². The maximum absolute atomic E-state index is 8.11. The van der Waals surface area contributed by atoms with E-state index in [1.807, 2.05) is 6.07 Å². The molecule has 0 unspecified atom stereocenters. The standard InChI is InChI=1S/C5H3N2.Na/c6-4-5-2-1-3-7-5;/h1-3H;/q-1;+1. The molecule has 0 atom stereocenters. The molecule has 0 bridgehead atoms. The first kappa shape index (κ1) is 7.77. The molecular weight excluding hydrogens is 111 g/mol. The van der Waals surface area contributed by atoms with Crippen molar-refractivity contribution in [1.29, 1.82) is 5.26 Å².